The molecule has 0 atom stereocenters. The smallest absolute Gasteiger partial charge is 0.142 e. The third-order valence-electron chi connectivity index (χ3n) is 1.08. The van der Waals surface area contributed by atoms with Crippen LogP contribution < -0.4 is 0 Å². The standard InChI is InChI=1S/C6H7I2N3/c1-4-9-5(2-7)11-6(3-8)10-4/h2-3H2,1H3. The fourth-order valence-electron chi connectivity index (χ4n) is 0.717. The molecule has 0 saturated carbocycles. The molecule has 3 nitrogen and oxygen atoms in total. The van der Waals surface area contributed by atoms with Gasteiger partial charge in [0.25, 0.3) is 0 Å². The first-order valence-corrected chi connectivity index (χ1v) is 6.13. The van der Waals surface area contributed by atoms with E-state index in [0.717, 1.165) is 26.3 Å². The van der Waals surface area contributed by atoms with Gasteiger partial charge in [-0.05, 0) is 6.92 Å². The highest BCUT2D eigenvalue weighted by Gasteiger charge is 1.99. The Hall–Kier alpha value is 0.470. The Bertz CT molecular complexity index is 229. The number of rotatable bonds is 2. The molecule has 1 rings (SSSR count). The van der Waals surface area contributed by atoms with Gasteiger partial charge in [-0.2, -0.15) is 0 Å². The van der Waals surface area contributed by atoms with Crippen molar-refractivity contribution in [2.75, 3.05) is 0 Å². The molecule has 60 valence electrons. The van der Waals surface area contributed by atoms with Crippen molar-refractivity contribution in [3.8, 4) is 0 Å². The Kier molecular flexibility index (Phi) is 3.90. The molecular weight excluding hydrogens is 368 g/mol. The van der Waals surface area contributed by atoms with E-state index in [9.17, 15) is 0 Å². The molecule has 0 aliphatic carbocycles. The molecule has 0 aliphatic rings. The molecule has 1 aromatic rings. The molecule has 0 N–H and O–H groups in total. The lowest BCUT2D eigenvalue weighted by Gasteiger charge is -1.98. The van der Waals surface area contributed by atoms with Crippen LogP contribution in [0.5, 0.6) is 0 Å². The molecule has 0 spiro atoms. The molecule has 0 radical (unpaired) electrons. The number of hydrogen-bond donors (Lipinski definition) is 0. The lowest BCUT2D eigenvalue weighted by atomic mass is 10.6. The van der Waals surface area contributed by atoms with Gasteiger partial charge in [-0.3, -0.25) is 0 Å². The summed E-state index contributed by atoms with van der Waals surface area (Å²) in [7, 11) is 0. The second-order valence-electron chi connectivity index (χ2n) is 1.98. The molecule has 0 saturated heterocycles. The first-order chi connectivity index (χ1) is 5.26. The maximum Gasteiger partial charge on any atom is 0.142 e. The fourth-order valence-corrected chi connectivity index (χ4v) is 1.40. The van der Waals surface area contributed by atoms with Crippen LogP contribution in [0.3, 0.4) is 0 Å². The molecule has 0 aliphatic heterocycles. The highest BCUT2D eigenvalue weighted by atomic mass is 127. The van der Waals surface area contributed by atoms with Gasteiger partial charge in [0.15, 0.2) is 0 Å². The van der Waals surface area contributed by atoms with Crippen molar-refractivity contribution < 1.29 is 0 Å². The van der Waals surface area contributed by atoms with Gasteiger partial charge in [0.05, 0.1) is 8.86 Å². The Labute approximate surface area is 92.7 Å². The lowest BCUT2D eigenvalue weighted by molar-refractivity contribution is 0.870. The predicted molar refractivity (Wildman–Crippen MR) is 60.0 cm³/mol. The van der Waals surface area contributed by atoms with E-state index in [-0.39, 0.29) is 0 Å². The largest absolute Gasteiger partial charge is 0.217 e. The van der Waals surface area contributed by atoms with Crippen LogP contribution in [0.25, 0.3) is 0 Å². The van der Waals surface area contributed by atoms with Crippen LogP contribution in [0.1, 0.15) is 17.5 Å². The zero-order chi connectivity index (χ0) is 8.27. The van der Waals surface area contributed by atoms with Gasteiger partial charge in [-0.1, -0.05) is 45.2 Å². The minimum atomic E-state index is 0.818. The van der Waals surface area contributed by atoms with Crippen molar-refractivity contribution in [1.29, 1.82) is 0 Å². The maximum absolute atomic E-state index is 4.23. The van der Waals surface area contributed by atoms with Crippen LogP contribution in [0.2, 0.25) is 0 Å². The molecule has 0 fully saturated rings. The minimum absolute atomic E-state index is 0.818. The first kappa shape index (κ1) is 9.56. The van der Waals surface area contributed by atoms with Crippen molar-refractivity contribution in [3.63, 3.8) is 0 Å². The minimum Gasteiger partial charge on any atom is -0.217 e. The molecular formula is C6H7I2N3. The number of nitrogens with zero attached hydrogens (tertiary/aromatic N) is 3. The van der Waals surface area contributed by atoms with Crippen LogP contribution in [-0.4, -0.2) is 15.0 Å². The van der Waals surface area contributed by atoms with Crippen LogP contribution in [0.4, 0.5) is 0 Å². The summed E-state index contributed by atoms with van der Waals surface area (Å²) in [4.78, 5) is 12.6. The monoisotopic (exact) mass is 375 g/mol. The average Bonchev–Trinajstić information content (AvgIpc) is 2.03. The Morgan fingerprint density at radius 2 is 1.45 bits per heavy atom. The van der Waals surface area contributed by atoms with Crippen LogP contribution in [0, 0.1) is 6.92 Å². The third-order valence-corrected chi connectivity index (χ3v) is 2.44. The molecule has 0 aromatic carbocycles. The maximum atomic E-state index is 4.23. The molecule has 0 amide bonds. The van der Waals surface area contributed by atoms with E-state index in [1.165, 1.54) is 0 Å². The Morgan fingerprint density at radius 3 is 1.82 bits per heavy atom. The number of aromatic nitrogens is 3. The van der Waals surface area contributed by atoms with Gasteiger partial charge in [0.1, 0.15) is 17.5 Å². The van der Waals surface area contributed by atoms with E-state index >= 15 is 0 Å². The third kappa shape index (κ3) is 2.77. The second kappa shape index (κ2) is 4.48. The Morgan fingerprint density at radius 1 is 1.00 bits per heavy atom. The summed E-state index contributed by atoms with van der Waals surface area (Å²) in [5.41, 5.74) is 0. The lowest BCUT2D eigenvalue weighted by Crippen LogP contribution is -2.01. The zero-order valence-electron chi connectivity index (χ0n) is 6.01. The number of alkyl halides is 2. The van der Waals surface area contributed by atoms with Crippen molar-refractivity contribution in [1.82, 2.24) is 15.0 Å². The summed E-state index contributed by atoms with van der Waals surface area (Å²) in [6.07, 6.45) is 0. The molecule has 5 heteroatoms. The second-order valence-corrected chi connectivity index (χ2v) is 3.51. The SMILES string of the molecule is Cc1nc(CI)nc(CI)n1. The average molecular weight is 375 g/mol. The van der Waals surface area contributed by atoms with Crippen LogP contribution in [-0.2, 0) is 8.86 Å². The van der Waals surface area contributed by atoms with Crippen LogP contribution in [0.15, 0.2) is 0 Å². The van der Waals surface area contributed by atoms with Gasteiger partial charge < -0.3 is 0 Å². The summed E-state index contributed by atoms with van der Waals surface area (Å²) in [6.45, 7) is 1.90. The van der Waals surface area contributed by atoms with Crippen molar-refractivity contribution in [3.05, 3.63) is 17.5 Å². The van der Waals surface area contributed by atoms with Crippen molar-refractivity contribution in [2.45, 2.75) is 15.8 Å². The van der Waals surface area contributed by atoms with Crippen molar-refractivity contribution in [2.24, 2.45) is 0 Å². The number of aryl methyl sites for hydroxylation is 1. The first-order valence-electron chi connectivity index (χ1n) is 3.08. The van der Waals surface area contributed by atoms with Crippen molar-refractivity contribution >= 4 is 45.2 Å². The highest BCUT2D eigenvalue weighted by molar-refractivity contribution is 14.1. The van der Waals surface area contributed by atoms with Gasteiger partial charge >= 0.3 is 0 Å². The Balaban J connectivity index is 3.02. The van der Waals surface area contributed by atoms with E-state index in [2.05, 4.69) is 60.1 Å². The summed E-state index contributed by atoms with van der Waals surface area (Å²) in [5.74, 6) is 2.58. The molecule has 0 unspecified atom stereocenters. The van der Waals surface area contributed by atoms with Gasteiger partial charge in [0.2, 0.25) is 0 Å². The number of halogens is 2. The highest BCUT2D eigenvalue weighted by Crippen LogP contribution is 2.03. The summed E-state index contributed by atoms with van der Waals surface area (Å²) >= 11 is 4.50. The van der Waals surface area contributed by atoms with E-state index < -0.39 is 0 Å². The van der Waals surface area contributed by atoms with E-state index in [1.807, 2.05) is 6.92 Å². The fraction of sp³-hybridized carbons (Fsp3) is 0.500. The summed E-state index contributed by atoms with van der Waals surface area (Å²) in [5, 5.41) is 0. The predicted octanol–water partition coefficient (Wildman–Crippen LogP) is 2.05. The van der Waals surface area contributed by atoms with E-state index in [4.69, 9.17) is 0 Å². The van der Waals surface area contributed by atoms with Gasteiger partial charge in [-0.15, -0.1) is 0 Å². The quantitative estimate of drug-likeness (QED) is 0.587. The topological polar surface area (TPSA) is 38.7 Å². The molecule has 1 heterocycles. The van der Waals surface area contributed by atoms with Gasteiger partial charge in [-0.25, -0.2) is 15.0 Å². The van der Waals surface area contributed by atoms with E-state index in [1.54, 1.807) is 0 Å². The summed E-state index contributed by atoms with van der Waals surface area (Å²) in [6, 6.07) is 0. The van der Waals surface area contributed by atoms with E-state index in [0.29, 0.717) is 0 Å². The van der Waals surface area contributed by atoms with Gasteiger partial charge in [0, 0.05) is 0 Å². The molecule has 1 aromatic heterocycles. The number of hydrogen-bond acceptors (Lipinski definition) is 3. The normalized spacial score (nSPS) is 10.1. The summed E-state index contributed by atoms with van der Waals surface area (Å²) < 4.78 is 1.70. The zero-order valence-corrected chi connectivity index (χ0v) is 10.3. The van der Waals surface area contributed by atoms with Crippen LogP contribution >= 0.6 is 45.2 Å². The molecule has 11 heavy (non-hydrogen) atoms. The molecule has 0 bridgehead atoms.